The van der Waals surface area contributed by atoms with E-state index in [0.29, 0.717) is 4.90 Å². The molecule has 0 aliphatic heterocycles. The fourth-order valence-electron chi connectivity index (χ4n) is 1.37. The van der Waals surface area contributed by atoms with Crippen LogP contribution in [0.2, 0.25) is 0 Å². The fraction of sp³-hybridized carbons (Fsp3) is 0.273. The number of halogens is 3. The van der Waals surface area contributed by atoms with Gasteiger partial charge in [0, 0.05) is 18.8 Å². The molecule has 4 nitrogen and oxygen atoms in total. The summed E-state index contributed by atoms with van der Waals surface area (Å²) in [5.74, 6) is -2.00. The number of amides is 1. The Morgan fingerprint density at radius 2 is 2.11 bits per heavy atom. The van der Waals surface area contributed by atoms with Crippen molar-refractivity contribution in [3.63, 3.8) is 0 Å². The van der Waals surface area contributed by atoms with E-state index in [9.17, 15) is 18.0 Å². The molecule has 0 saturated carbocycles. The van der Waals surface area contributed by atoms with E-state index in [1.54, 1.807) is 6.07 Å². The number of nitrogens with zero attached hydrogens (tertiary/aromatic N) is 2. The smallest absolute Gasteiger partial charge is 0.329 e. The van der Waals surface area contributed by atoms with E-state index in [2.05, 4.69) is 0 Å². The lowest BCUT2D eigenvalue weighted by Gasteiger charge is -2.23. The number of alkyl halides is 3. The van der Waals surface area contributed by atoms with E-state index in [4.69, 9.17) is 11.0 Å². The molecule has 0 aliphatic carbocycles. The lowest BCUT2D eigenvalue weighted by Crippen LogP contribution is -2.43. The monoisotopic (exact) mass is 257 g/mol. The summed E-state index contributed by atoms with van der Waals surface area (Å²) >= 11 is 0. The summed E-state index contributed by atoms with van der Waals surface area (Å²) in [6.45, 7) is -0.383. The van der Waals surface area contributed by atoms with Crippen LogP contribution in [0.3, 0.4) is 0 Å². The minimum absolute atomic E-state index is 0.00169. The lowest BCUT2D eigenvalue weighted by atomic mass is 10.2. The quantitative estimate of drug-likeness (QED) is 0.890. The molecule has 1 rings (SSSR count). The van der Waals surface area contributed by atoms with Crippen LogP contribution in [-0.4, -0.2) is 25.2 Å². The number of nitriles is 1. The Morgan fingerprint density at radius 3 is 2.61 bits per heavy atom. The van der Waals surface area contributed by atoms with Crippen LogP contribution in [0.15, 0.2) is 24.3 Å². The number of hydrogen-bond acceptors (Lipinski definition) is 3. The molecule has 0 aliphatic rings. The zero-order chi connectivity index (χ0) is 13.8. The van der Waals surface area contributed by atoms with Gasteiger partial charge >= 0.3 is 12.1 Å². The zero-order valence-electron chi connectivity index (χ0n) is 9.24. The molecule has 0 saturated heterocycles. The van der Waals surface area contributed by atoms with Crippen LogP contribution in [-0.2, 0) is 4.79 Å². The second-order valence-corrected chi connectivity index (χ2v) is 3.41. The third kappa shape index (κ3) is 3.21. The number of carbonyl (C=O) groups excluding carboxylic acids is 1. The third-order valence-corrected chi connectivity index (χ3v) is 2.13. The van der Waals surface area contributed by atoms with E-state index in [1.807, 2.05) is 0 Å². The van der Waals surface area contributed by atoms with Crippen LogP contribution in [0.5, 0.6) is 0 Å². The molecule has 18 heavy (non-hydrogen) atoms. The van der Waals surface area contributed by atoms with Gasteiger partial charge in [-0.2, -0.15) is 18.4 Å². The number of benzene rings is 1. The Labute approximate surface area is 101 Å². The Bertz CT molecular complexity index is 479. The first-order valence-corrected chi connectivity index (χ1v) is 4.99. The van der Waals surface area contributed by atoms with Crippen molar-refractivity contribution in [2.45, 2.75) is 6.18 Å². The van der Waals surface area contributed by atoms with Gasteiger partial charge in [0.1, 0.15) is 0 Å². The summed E-state index contributed by atoms with van der Waals surface area (Å²) in [5, 5.41) is 8.67. The molecule has 0 bridgehead atoms. The van der Waals surface area contributed by atoms with Gasteiger partial charge in [-0.15, -0.1) is 0 Å². The molecule has 0 fully saturated rings. The van der Waals surface area contributed by atoms with E-state index < -0.39 is 12.1 Å². The van der Waals surface area contributed by atoms with Crippen molar-refractivity contribution in [2.75, 3.05) is 18.0 Å². The molecule has 0 heterocycles. The summed E-state index contributed by atoms with van der Waals surface area (Å²) in [7, 11) is 0. The van der Waals surface area contributed by atoms with Crippen molar-refractivity contribution < 1.29 is 18.0 Å². The number of nitrogens with two attached hydrogens (primary N) is 1. The predicted molar refractivity (Wildman–Crippen MR) is 58.6 cm³/mol. The summed E-state index contributed by atoms with van der Waals surface area (Å²) < 4.78 is 37.2. The minimum atomic E-state index is -4.97. The highest BCUT2D eigenvalue weighted by Crippen LogP contribution is 2.24. The zero-order valence-corrected chi connectivity index (χ0v) is 9.24. The molecule has 1 aromatic rings. The van der Waals surface area contributed by atoms with Gasteiger partial charge in [0.15, 0.2) is 0 Å². The first kappa shape index (κ1) is 14.0. The second-order valence-electron chi connectivity index (χ2n) is 3.41. The first-order chi connectivity index (χ1) is 8.40. The maximum atomic E-state index is 12.4. The Balaban J connectivity index is 3.12. The molecule has 1 aromatic carbocycles. The maximum Gasteiger partial charge on any atom is 0.471 e. The molecule has 1 amide bonds. The summed E-state index contributed by atoms with van der Waals surface area (Å²) in [4.78, 5) is 11.7. The number of carbonyl (C=O) groups is 1. The van der Waals surface area contributed by atoms with Crippen molar-refractivity contribution in [3.8, 4) is 6.07 Å². The van der Waals surface area contributed by atoms with Gasteiger partial charge in [0.25, 0.3) is 0 Å². The molecule has 0 spiro atoms. The van der Waals surface area contributed by atoms with E-state index in [-0.39, 0.29) is 24.3 Å². The normalized spacial score (nSPS) is 10.8. The molecule has 0 unspecified atom stereocenters. The molecule has 2 N–H and O–H groups in total. The van der Waals surface area contributed by atoms with Crippen LogP contribution >= 0.6 is 0 Å². The number of anilines is 1. The van der Waals surface area contributed by atoms with Gasteiger partial charge in [-0.25, -0.2) is 0 Å². The summed E-state index contributed by atoms with van der Waals surface area (Å²) in [6.07, 6.45) is -4.97. The number of hydrogen-bond donors (Lipinski definition) is 1. The van der Waals surface area contributed by atoms with Gasteiger partial charge in [-0.3, -0.25) is 4.79 Å². The van der Waals surface area contributed by atoms with Crippen LogP contribution < -0.4 is 10.6 Å². The highest BCUT2D eigenvalue weighted by Gasteiger charge is 2.42. The van der Waals surface area contributed by atoms with Gasteiger partial charge in [0.2, 0.25) is 0 Å². The molecule has 7 heteroatoms. The number of rotatable bonds is 3. The van der Waals surface area contributed by atoms with Gasteiger partial charge < -0.3 is 10.6 Å². The molecule has 0 aromatic heterocycles. The largest absolute Gasteiger partial charge is 0.471 e. The summed E-state index contributed by atoms with van der Waals surface area (Å²) in [6, 6.07) is 7.16. The highest BCUT2D eigenvalue weighted by molar-refractivity contribution is 5.97. The van der Waals surface area contributed by atoms with Gasteiger partial charge in [-0.05, 0) is 18.2 Å². The van der Waals surface area contributed by atoms with Crippen molar-refractivity contribution in [3.05, 3.63) is 29.8 Å². The molecular formula is C11H10F3N3O. The SMILES string of the molecule is N#Cc1cccc(N(CCN)C(=O)C(F)(F)F)c1. The molecule has 96 valence electrons. The Hall–Kier alpha value is -2.07. The molecule has 0 atom stereocenters. The fourth-order valence-corrected chi connectivity index (χ4v) is 1.37. The van der Waals surface area contributed by atoms with Crippen molar-refractivity contribution in [2.24, 2.45) is 5.73 Å². The first-order valence-electron chi connectivity index (χ1n) is 4.99. The van der Waals surface area contributed by atoms with Crippen LogP contribution in [0.4, 0.5) is 18.9 Å². The second kappa shape index (κ2) is 5.51. The van der Waals surface area contributed by atoms with E-state index in [0.717, 1.165) is 0 Å². The van der Waals surface area contributed by atoms with Crippen LogP contribution in [0.1, 0.15) is 5.56 Å². The third-order valence-electron chi connectivity index (χ3n) is 2.13. The minimum Gasteiger partial charge on any atom is -0.329 e. The average molecular weight is 257 g/mol. The summed E-state index contributed by atoms with van der Waals surface area (Å²) in [5.41, 5.74) is 5.36. The molecular weight excluding hydrogens is 247 g/mol. The van der Waals surface area contributed by atoms with Gasteiger partial charge in [-0.1, -0.05) is 6.07 Å². The topological polar surface area (TPSA) is 70.1 Å². The van der Waals surface area contributed by atoms with Crippen molar-refractivity contribution >= 4 is 11.6 Å². The van der Waals surface area contributed by atoms with E-state index >= 15 is 0 Å². The van der Waals surface area contributed by atoms with Crippen LogP contribution in [0.25, 0.3) is 0 Å². The molecule has 0 radical (unpaired) electrons. The standard InChI is InChI=1S/C11H10F3N3O/c12-11(13,14)10(18)17(5-4-15)9-3-1-2-8(6-9)7-16/h1-3,6H,4-5,15H2. The average Bonchev–Trinajstić information content (AvgIpc) is 2.34. The highest BCUT2D eigenvalue weighted by atomic mass is 19.4. The van der Waals surface area contributed by atoms with E-state index in [1.165, 1.54) is 24.3 Å². The Morgan fingerprint density at radius 1 is 1.44 bits per heavy atom. The van der Waals surface area contributed by atoms with Crippen molar-refractivity contribution in [1.82, 2.24) is 0 Å². The lowest BCUT2D eigenvalue weighted by molar-refractivity contribution is -0.170. The van der Waals surface area contributed by atoms with Gasteiger partial charge in [0.05, 0.1) is 11.6 Å². The predicted octanol–water partition coefficient (Wildman–Crippen LogP) is 1.41. The van der Waals surface area contributed by atoms with Crippen molar-refractivity contribution in [1.29, 1.82) is 5.26 Å². The Kier molecular flexibility index (Phi) is 4.28. The van der Waals surface area contributed by atoms with Crippen LogP contribution in [0, 0.1) is 11.3 Å². The maximum absolute atomic E-state index is 12.4.